The zero-order valence-corrected chi connectivity index (χ0v) is 12.1. The Kier molecular flexibility index (Phi) is 3.80. The van der Waals surface area contributed by atoms with E-state index in [4.69, 9.17) is 10.5 Å². The van der Waals surface area contributed by atoms with Gasteiger partial charge in [-0.1, -0.05) is 18.2 Å². The molecule has 0 spiro atoms. The van der Waals surface area contributed by atoms with E-state index in [-0.39, 0.29) is 11.9 Å². The summed E-state index contributed by atoms with van der Waals surface area (Å²) < 4.78 is 20.2. The Morgan fingerprint density at radius 3 is 2.76 bits per heavy atom. The molecule has 0 saturated heterocycles. The zero-order valence-electron chi connectivity index (χ0n) is 12.1. The van der Waals surface area contributed by atoms with E-state index >= 15 is 0 Å². The van der Waals surface area contributed by atoms with Crippen molar-refractivity contribution in [2.24, 2.45) is 5.73 Å². The maximum absolute atomic E-state index is 14.5. The van der Waals surface area contributed by atoms with E-state index in [0.717, 1.165) is 30.0 Å². The molecule has 3 nitrogen and oxygen atoms in total. The van der Waals surface area contributed by atoms with Crippen LogP contribution in [-0.4, -0.2) is 13.2 Å². The Morgan fingerprint density at radius 1 is 1.19 bits per heavy atom. The van der Waals surface area contributed by atoms with Crippen molar-refractivity contribution < 1.29 is 9.13 Å². The van der Waals surface area contributed by atoms with Crippen LogP contribution >= 0.6 is 0 Å². The van der Waals surface area contributed by atoms with Gasteiger partial charge in [-0.3, -0.25) is 0 Å². The highest BCUT2D eigenvalue weighted by Crippen LogP contribution is 2.37. The number of hydrogen-bond acceptors (Lipinski definition) is 3. The van der Waals surface area contributed by atoms with Crippen LogP contribution in [0.3, 0.4) is 0 Å². The number of halogens is 1. The van der Waals surface area contributed by atoms with Crippen molar-refractivity contribution in [3.63, 3.8) is 0 Å². The van der Waals surface area contributed by atoms with E-state index < -0.39 is 0 Å². The number of rotatable bonds is 2. The van der Waals surface area contributed by atoms with Gasteiger partial charge in [-0.25, -0.2) is 4.39 Å². The van der Waals surface area contributed by atoms with Gasteiger partial charge < -0.3 is 15.4 Å². The molecule has 0 amide bonds. The molecule has 21 heavy (non-hydrogen) atoms. The lowest BCUT2D eigenvalue weighted by molar-refractivity contribution is 0.322. The molecule has 0 aromatic heterocycles. The second kappa shape index (κ2) is 5.74. The van der Waals surface area contributed by atoms with Crippen LogP contribution in [0, 0.1) is 5.82 Å². The van der Waals surface area contributed by atoms with Crippen molar-refractivity contribution in [3.8, 4) is 5.75 Å². The molecule has 1 aliphatic heterocycles. The molecule has 110 valence electrons. The minimum atomic E-state index is -0.249. The average molecular weight is 286 g/mol. The number of anilines is 2. The number of nitrogens with two attached hydrogens (primary N) is 1. The molecule has 0 radical (unpaired) electrons. The highest BCUT2D eigenvalue weighted by molar-refractivity contribution is 5.70. The monoisotopic (exact) mass is 286 g/mol. The van der Waals surface area contributed by atoms with Crippen molar-refractivity contribution in [3.05, 3.63) is 53.8 Å². The average Bonchev–Trinajstić information content (AvgIpc) is 2.69. The minimum absolute atomic E-state index is 0.173. The number of para-hydroxylation sites is 2. The number of benzene rings is 2. The molecule has 2 aromatic carbocycles. The fourth-order valence-electron chi connectivity index (χ4n) is 2.60. The van der Waals surface area contributed by atoms with Crippen LogP contribution in [0.25, 0.3) is 0 Å². The molecule has 1 heterocycles. The smallest absolute Gasteiger partial charge is 0.147 e. The third-order valence-corrected chi connectivity index (χ3v) is 3.73. The summed E-state index contributed by atoms with van der Waals surface area (Å²) in [5, 5.41) is 0. The maximum Gasteiger partial charge on any atom is 0.147 e. The van der Waals surface area contributed by atoms with E-state index in [1.165, 1.54) is 6.07 Å². The molecule has 0 saturated carbocycles. The SMILES string of the molecule is CC(N)c1ccc(N2CCCOc3ccccc32)c(F)c1. The first kappa shape index (κ1) is 13.9. The van der Waals surface area contributed by atoms with Crippen LogP contribution in [0.15, 0.2) is 42.5 Å². The minimum Gasteiger partial charge on any atom is -0.491 e. The number of nitrogens with zero attached hydrogens (tertiary/aromatic N) is 1. The zero-order chi connectivity index (χ0) is 14.8. The van der Waals surface area contributed by atoms with Gasteiger partial charge in [0.15, 0.2) is 0 Å². The van der Waals surface area contributed by atoms with E-state index in [1.54, 1.807) is 6.07 Å². The van der Waals surface area contributed by atoms with Gasteiger partial charge in [0.05, 0.1) is 18.0 Å². The highest BCUT2D eigenvalue weighted by Gasteiger charge is 2.20. The number of ether oxygens (including phenoxy) is 1. The molecule has 0 fully saturated rings. The molecule has 0 aliphatic carbocycles. The molecule has 1 atom stereocenters. The van der Waals surface area contributed by atoms with Crippen molar-refractivity contribution >= 4 is 11.4 Å². The largest absolute Gasteiger partial charge is 0.491 e. The predicted molar refractivity (Wildman–Crippen MR) is 82.6 cm³/mol. The van der Waals surface area contributed by atoms with Gasteiger partial charge >= 0.3 is 0 Å². The summed E-state index contributed by atoms with van der Waals surface area (Å²) in [5.41, 5.74) is 8.09. The molecule has 2 N–H and O–H groups in total. The van der Waals surface area contributed by atoms with Gasteiger partial charge in [0.2, 0.25) is 0 Å². The van der Waals surface area contributed by atoms with Gasteiger partial charge in [-0.05, 0) is 43.2 Å². The van der Waals surface area contributed by atoms with Crippen molar-refractivity contribution in [2.45, 2.75) is 19.4 Å². The van der Waals surface area contributed by atoms with Crippen LogP contribution in [0.1, 0.15) is 24.9 Å². The van der Waals surface area contributed by atoms with Crippen molar-refractivity contribution in [2.75, 3.05) is 18.1 Å². The molecular weight excluding hydrogens is 267 g/mol. The van der Waals surface area contributed by atoms with Crippen LogP contribution in [0.5, 0.6) is 5.75 Å². The molecule has 1 aliphatic rings. The second-order valence-electron chi connectivity index (χ2n) is 5.32. The van der Waals surface area contributed by atoms with Crippen LogP contribution < -0.4 is 15.4 Å². The fourth-order valence-corrected chi connectivity index (χ4v) is 2.60. The number of hydrogen-bond donors (Lipinski definition) is 1. The summed E-state index contributed by atoms with van der Waals surface area (Å²) >= 11 is 0. The van der Waals surface area contributed by atoms with Gasteiger partial charge in [0.25, 0.3) is 0 Å². The molecule has 0 bridgehead atoms. The summed E-state index contributed by atoms with van der Waals surface area (Å²) in [7, 11) is 0. The summed E-state index contributed by atoms with van der Waals surface area (Å²) in [4.78, 5) is 1.97. The maximum atomic E-state index is 14.5. The second-order valence-corrected chi connectivity index (χ2v) is 5.32. The first-order chi connectivity index (χ1) is 10.2. The lowest BCUT2D eigenvalue weighted by Gasteiger charge is -2.25. The topological polar surface area (TPSA) is 38.5 Å². The Hall–Kier alpha value is -2.07. The van der Waals surface area contributed by atoms with Gasteiger partial charge in [-0.15, -0.1) is 0 Å². The van der Waals surface area contributed by atoms with E-state index in [9.17, 15) is 4.39 Å². The lowest BCUT2D eigenvalue weighted by atomic mass is 10.1. The summed E-state index contributed by atoms with van der Waals surface area (Å²) in [6.07, 6.45) is 0.850. The number of fused-ring (bicyclic) bond motifs is 1. The van der Waals surface area contributed by atoms with Crippen molar-refractivity contribution in [1.82, 2.24) is 0 Å². The summed E-state index contributed by atoms with van der Waals surface area (Å²) in [6.45, 7) is 3.22. The summed E-state index contributed by atoms with van der Waals surface area (Å²) in [5.74, 6) is 0.548. The van der Waals surface area contributed by atoms with Crippen LogP contribution in [-0.2, 0) is 0 Å². The van der Waals surface area contributed by atoms with Crippen LogP contribution in [0.4, 0.5) is 15.8 Å². The Balaban J connectivity index is 2.04. The van der Waals surface area contributed by atoms with Gasteiger partial charge in [-0.2, -0.15) is 0 Å². The molecule has 1 unspecified atom stereocenters. The standard InChI is InChI=1S/C17H19FN2O/c1-12(19)13-7-8-15(14(18)11-13)20-9-4-10-21-17-6-3-2-5-16(17)20/h2-3,5-8,11-12H,4,9-10,19H2,1H3. The predicted octanol–water partition coefficient (Wildman–Crippen LogP) is 3.77. The Labute approximate surface area is 124 Å². The molecular formula is C17H19FN2O. The fraction of sp³-hybridized carbons (Fsp3) is 0.294. The highest BCUT2D eigenvalue weighted by atomic mass is 19.1. The van der Waals surface area contributed by atoms with Gasteiger partial charge in [0.1, 0.15) is 11.6 Å². The van der Waals surface area contributed by atoms with E-state index in [0.29, 0.717) is 12.3 Å². The lowest BCUT2D eigenvalue weighted by Crippen LogP contribution is -2.19. The third kappa shape index (κ3) is 2.72. The van der Waals surface area contributed by atoms with Crippen molar-refractivity contribution in [1.29, 1.82) is 0 Å². The molecule has 4 heteroatoms. The Bertz CT molecular complexity index is 642. The van der Waals surface area contributed by atoms with Crippen LogP contribution in [0.2, 0.25) is 0 Å². The Morgan fingerprint density at radius 2 is 2.00 bits per heavy atom. The quantitative estimate of drug-likeness (QED) is 0.913. The molecule has 2 aromatic rings. The third-order valence-electron chi connectivity index (χ3n) is 3.73. The first-order valence-electron chi connectivity index (χ1n) is 7.21. The first-order valence-corrected chi connectivity index (χ1v) is 7.21. The van der Waals surface area contributed by atoms with Gasteiger partial charge in [0, 0.05) is 12.6 Å². The normalized spacial score (nSPS) is 15.9. The van der Waals surface area contributed by atoms with E-state index in [2.05, 4.69) is 0 Å². The summed E-state index contributed by atoms with van der Waals surface area (Å²) in [6, 6.07) is 12.8. The van der Waals surface area contributed by atoms with E-state index in [1.807, 2.05) is 42.2 Å². The molecule has 3 rings (SSSR count).